The molecule has 2 rings (SSSR count). The van der Waals surface area contributed by atoms with Gasteiger partial charge in [-0.15, -0.1) is 0 Å². The third kappa shape index (κ3) is 2.23. The summed E-state index contributed by atoms with van der Waals surface area (Å²) in [5.74, 6) is -5.45. The minimum Gasteiger partial charge on any atom is -0.258 e. The average molecular weight is 268 g/mol. The second-order valence-electron chi connectivity index (χ2n) is 3.46. The van der Waals surface area contributed by atoms with Gasteiger partial charge in [-0.2, -0.15) is 0 Å². The van der Waals surface area contributed by atoms with Gasteiger partial charge < -0.3 is 0 Å². The largest absolute Gasteiger partial charge is 0.258 e. The fraction of sp³-hybridized carbons (Fsp3) is 0. The summed E-state index contributed by atoms with van der Waals surface area (Å²) >= 11 is 0. The van der Waals surface area contributed by atoms with Gasteiger partial charge >= 0.3 is 0 Å². The van der Waals surface area contributed by atoms with Crippen LogP contribution >= 0.6 is 0 Å². The van der Waals surface area contributed by atoms with Gasteiger partial charge in [-0.3, -0.25) is 5.41 Å². The molecule has 1 aliphatic rings. The van der Waals surface area contributed by atoms with Crippen molar-refractivity contribution >= 4 is 11.6 Å². The smallest absolute Gasteiger partial charge is 0.208 e. The predicted molar refractivity (Wildman–Crippen MR) is 59.2 cm³/mol. The van der Waals surface area contributed by atoms with Crippen molar-refractivity contribution in [2.75, 3.05) is 0 Å². The Morgan fingerprint density at radius 1 is 0.895 bits per heavy atom. The summed E-state index contributed by atoms with van der Waals surface area (Å²) in [4.78, 5) is 0. The van der Waals surface area contributed by atoms with Crippen LogP contribution in [0.25, 0.3) is 0 Å². The Kier molecular flexibility index (Phi) is 3.39. The number of pyridine rings is 1. The minimum atomic E-state index is -1.70. The standard InChI is InChI=1S/C12H6F4N3/c13-8-7(6-17)9(14)11(16)12(10(8)15)18-19-4-2-1-3-5-19/h1-5,17H/q+1. The molecule has 0 aliphatic heterocycles. The van der Waals surface area contributed by atoms with Gasteiger partial charge in [0.15, 0.2) is 23.3 Å². The number of halogens is 4. The Balaban J connectivity index is 2.62. The maximum absolute atomic E-state index is 13.6. The summed E-state index contributed by atoms with van der Waals surface area (Å²) in [6.07, 6.45) is 2.68. The molecule has 0 radical (unpaired) electrons. The van der Waals surface area contributed by atoms with Gasteiger partial charge in [-0.05, 0) is 5.87 Å². The predicted octanol–water partition coefficient (Wildman–Crippen LogP) is 2.67. The molecule has 1 aliphatic carbocycles. The highest BCUT2D eigenvalue weighted by Crippen LogP contribution is 2.34. The first-order chi connectivity index (χ1) is 9.06. The molecule has 19 heavy (non-hydrogen) atoms. The van der Waals surface area contributed by atoms with Crippen LogP contribution in [0.5, 0.6) is 0 Å². The maximum atomic E-state index is 13.6. The zero-order valence-electron chi connectivity index (χ0n) is 9.29. The lowest BCUT2D eigenvalue weighted by atomic mass is 10.1. The molecule has 0 fully saturated rings. The molecule has 1 heterocycles. The Hall–Kier alpha value is -2.53. The normalized spacial score (nSPS) is 15.8. The lowest BCUT2D eigenvalue weighted by Crippen LogP contribution is -2.29. The fourth-order valence-corrected chi connectivity index (χ4v) is 1.39. The summed E-state index contributed by atoms with van der Waals surface area (Å²) in [5, 5.41) is 10.0. The van der Waals surface area contributed by atoms with Gasteiger partial charge in [-0.1, -0.05) is 10.7 Å². The van der Waals surface area contributed by atoms with Crippen molar-refractivity contribution in [3.8, 4) is 0 Å². The highest BCUT2D eigenvalue weighted by atomic mass is 19.2. The number of hydrogen-bond acceptors (Lipinski definition) is 2. The lowest BCUT2D eigenvalue weighted by Gasteiger charge is -2.09. The first-order valence-electron chi connectivity index (χ1n) is 5.03. The first-order valence-corrected chi connectivity index (χ1v) is 5.03. The van der Waals surface area contributed by atoms with Crippen LogP contribution in [0.15, 0.2) is 64.6 Å². The van der Waals surface area contributed by atoms with Gasteiger partial charge in [-0.25, -0.2) is 17.6 Å². The summed E-state index contributed by atoms with van der Waals surface area (Å²) in [6, 6.07) is 4.67. The van der Waals surface area contributed by atoms with Gasteiger partial charge in [0.25, 0.3) is 0 Å². The second kappa shape index (κ2) is 4.99. The number of nitrogens with zero attached hydrogens (tertiary/aromatic N) is 2. The van der Waals surface area contributed by atoms with E-state index in [0.717, 1.165) is 4.68 Å². The third-order valence-electron chi connectivity index (χ3n) is 2.28. The summed E-state index contributed by atoms with van der Waals surface area (Å²) < 4.78 is 54.9. The molecular weight excluding hydrogens is 262 g/mol. The SMILES string of the molecule is N=C=C1C(F)=C(F)C(=N[n+]2ccccc2)C(F)=C1F. The van der Waals surface area contributed by atoms with Crippen molar-refractivity contribution in [3.63, 3.8) is 0 Å². The van der Waals surface area contributed by atoms with Crippen LogP contribution in [0.3, 0.4) is 0 Å². The van der Waals surface area contributed by atoms with E-state index in [1.165, 1.54) is 30.4 Å². The first kappa shape index (κ1) is 12.9. The lowest BCUT2D eigenvalue weighted by molar-refractivity contribution is -0.678. The number of rotatable bonds is 1. The van der Waals surface area contributed by atoms with E-state index >= 15 is 0 Å². The zero-order chi connectivity index (χ0) is 14.0. The summed E-state index contributed by atoms with van der Waals surface area (Å²) in [7, 11) is 0. The van der Waals surface area contributed by atoms with Gasteiger partial charge in [0.2, 0.25) is 18.1 Å². The van der Waals surface area contributed by atoms with Crippen LogP contribution < -0.4 is 4.68 Å². The van der Waals surface area contributed by atoms with E-state index in [9.17, 15) is 17.6 Å². The van der Waals surface area contributed by atoms with Crippen molar-refractivity contribution in [1.29, 1.82) is 5.41 Å². The third-order valence-corrected chi connectivity index (χ3v) is 2.28. The quantitative estimate of drug-likeness (QED) is 0.462. The van der Waals surface area contributed by atoms with Gasteiger partial charge in [0.05, 0.1) is 0 Å². The summed E-state index contributed by atoms with van der Waals surface area (Å²) in [5.41, 5.74) is -2.31. The molecule has 0 bridgehead atoms. The van der Waals surface area contributed by atoms with Crippen molar-refractivity contribution in [3.05, 3.63) is 59.5 Å². The Morgan fingerprint density at radius 2 is 1.42 bits per heavy atom. The molecule has 1 aromatic rings. The van der Waals surface area contributed by atoms with Crippen LogP contribution in [-0.2, 0) is 0 Å². The van der Waals surface area contributed by atoms with Crippen LogP contribution in [0.4, 0.5) is 17.6 Å². The molecule has 0 unspecified atom stereocenters. The number of aromatic nitrogens is 1. The van der Waals surface area contributed by atoms with E-state index in [2.05, 4.69) is 5.10 Å². The maximum Gasteiger partial charge on any atom is 0.208 e. The van der Waals surface area contributed by atoms with Gasteiger partial charge in [0.1, 0.15) is 5.57 Å². The van der Waals surface area contributed by atoms with Crippen molar-refractivity contribution in [1.82, 2.24) is 0 Å². The van der Waals surface area contributed by atoms with Gasteiger partial charge in [0, 0.05) is 17.2 Å². The molecule has 1 N–H and O–H groups in total. The molecule has 7 heteroatoms. The number of nitrogens with one attached hydrogen (secondary N) is 1. The molecular formula is C12H6F4N3+. The Morgan fingerprint density at radius 3 is 1.89 bits per heavy atom. The van der Waals surface area contributed by atoms with E-state index in [0.29, 0.717) is 0 Å². The number of allylic oxidation sites excluding steroid dienone is 5. The fourth-order valence-electron chi connectivity index (χ4n) is 1.39. The van der Waals surface area contributed by atoms with Crippen molar-refractivity contribution in [2.24, 2.45) is 5.10 Å². The Labute approximate surface area is 105 Å². The molecule has 1 aromatic heterocycles. The number of hydrogen-bond donors (Lipinski definition) is 1. The molecule has 96 valence electrons. The molecule has 0 atom stereocenters. The monoisotopic (exact) mass is 268 g/mol. The summed E-state index contributed by atoms with van der Waals surface area (Å²) in [6.45, 7) is 0. The van der Waals surface area contributed by atoms with Crippen molar-refractivity contribution < 1.29 is 22.2 Å². The van der Waals surface area contributed by atoms with Crippen molar-refractivity contribution in [2.45, 2.75) is 0 Å². The van der Waals surface area contributed by atoms with Crippen LogP contribution in [0, 0.1) is 5.41 Å². The molecule has 0 spiro atoms. The molecule has 3 nitrogen and oxygen atoms in total. The average Bonchev–Trinajstić information content (AvgIpc) is 2.43. The molecule has 0 amide bonds. The minimum absolute atomic E-state index is 0.994. The van der Waals surface area contributed by atoms with E-state index in [-0.39, 0.29) is 0 Å². The Bertz CT molecular complexity index is 637. The topological polar surface area (TPSA) is 40.1 Å². The highest BCUT2D eigenvalue weighted by Gasteiger charge is 2.35. The van der Waals surface area contributed by atoms with Crippen LogP contribution in [-0.4, -0.2) is 11.6 Å². The highest BCUT2D eigenvalue weighted by molar-refractivity contribution is 6.12. The van der Waals surface area contributed by atoms with E-state index in [1.54, 1.807) is 6.07 Å². The molecule has 0 aromatic carbocycles. The van der Waals surface area contributed by atoms with E-state index < -0.39 is 34.6 Å². The zero-order valence-corrected chi connectivity index (χ0v) is 9.29. The van der Waals surface area contributed by atoms with E-state index in [4.69, 9.17) is 5.41 Å². The van der Waals surface area contributed by atoms with Crippen LogP contribution in [0.1, 0.15) is 0 Å². The van der Waals surface area contributed by atoms with Crippen LogP contribution in [0.2, 0.25) is 0 Å². The second-order valence-corrected chi connectivity index (χ2v) is 3.46. The molecule has 0 saturated carbocycles. The van der Waals surface area contributed by atoms with E-state index in [1.807, 2.05) is 0 Å². The molecule has 0 saturated heterocycles.